The molecule has 2 aromatic rings. The summed E-state index contributed by atoms with van der Waals surface area (Å²) in [6.45, 7) is -0.893. The quantitative estimate of drug-likeness (QED) is 0.515. The van der Waals surface area contributed by atoms with Crippen molar-refractivity contribution in [3.63, 3.8) is 0 Å². The van der Waals surface area contributed by atoms with E-state index in [-0.39, 0.29) is 22.9 Å². The number of sulfonamides is 1. The number of hydrogen-bond acceptors (Lipinski definition) is 6. The standard InChI is InChI=1S/C21H23F3N2O6S/c1-14(15-7-8-15)26(13-21(22,23)24)19(27)12-32-20(28)16-4-2-6-18(10-16)33(29,30)25-11-17-5-3-9-31-17/h2-6,9-10,14-15,25H,7-8,11-13H2,1H3. The van der Waals surface area contributed by atoms with Crippen molar-refractivity contribution in [1.29, 1.82) is 0 Å². The summed E-state index contributed by atoms with van der Waals surface area (Å²) in [5.41, 5.74) is -0.165. The van der Waals surface area contributed by atoms with Crippen LogP contribution in [-0.4, -0.2) is 50.6 Å². The van der Waals surface area contributed by atoms with Crippen LogP contribution in [0.15, 0.2) is 52.0 Å². The number of alkyl halides is 3. The molecule has 1 atom stereocenters. The third kappa shape index (κ3) is 7.06. The molecule has 0 aliphatic heterocycles. The van der Waals surface area contributed by atoms with E-state index in [2.05, 4.69) is 4.72 Å². The van der Waals surface area contributed by atoms with Gasteiger partial charge in [0.1, 0.15) is 12.3 Å². The Labute approximate surface area is 188 Å². The van der Waals surface area contributed by atoms with Gasteiger partial charge in [-0.25, -0.2) is 17.9 Å². The number of amides is 1. The molecule has 3 rings (SSSR count). The van der Waals surface area contributed by atoms with E-state index < -0.39 is 47.3 Å². The minimum absolute atomic E-state index is 0.0115. The molecule has 1 fully saturated rings. The molecular formula is C21H23F3N2O6S. The smallest absolute Gasteiger partial charge is 0.406 e. The first kappa shape index (κ1) is 24.8. The fourth-order valence-corrected chi connectivity index (χ4v) is 4.27. The normalized spacial score (nSPS) is 15.2. The van der Waals surface area contributed by atoms with Crippen LogP contribution >= 0.6 is 0 Å². The molecule has 12 heteroatoms. The molecule has 0 bridgehead atoms. The summed E-state index contributed by atoms with van der Waals surface area (Å²) in [5, 5.41) is 0. The predicted molar refractivity (Wildman–Crippen MR) is 109 cm³/mol. The van der Waals surface area contributed by atoms with Crippen LogP contribution in [0.4, 0.5) is 13.2 Å². The average molecular weight is 488 g/mol. The minimum Gasteiger partial charge on any atom is -0.468 e. The summed E-state index contributed by atoms with van der Waals surface area (Å²) in [5.74, 6) is -1.62. The van der Waals surface area contributed by atoms with Crippen LogP contribution in [0.25, 0.3) is 0 Å². The van der Waals surface area contributed by atoms with Crippen LogP contribution in [0, 0.1) is 5.92 Å². The average Bonchev–Trinajstić information content (AvgIpc) is 3.48. The summed E-state index contributed by atoms with van der Waals surface area (Å²) >= 11 is 0. The van der Waals surface area contributed by atoms with Gasteiger partial charge < -0.3 is 14.1 Å². The lowest BCUT2D eigenvalue weighted by Gasteiger charge is -2.30. The molecule has 8 nitrogen and oxygen atoms in total. The van der Waals surface area contributed by atoms with Gasteiger partial charge in [0.25, 0.3) is 5.91 Å². The number of furan rings is 1. The maximum absolute atomic E-state index is 12.9. The molecule has 180 valence electrons. The van der Waals surface area contributed by atoms with E-state index in [1.165, 1.54) is 31.4 Å². The monoisotopic (exact) mass is 488 g/mol. The summed E-state index contributed by atoms with van der Waals surface area (Å²) in [6.07, 6.45) is -1.73. The lowest BCUT2D eigenvalue weighted by atomic mass is 10.2. The Bertz CT molecular complexity index is 1080. The Kier molecular flexibility index (Phi) is 7.48. The fraction of sp³-hybridized carbons (Fsp3) is 0.429. The number of halogens is 3. The number of carbonyl (C=O) groups excluding carboxylic acids is 2. The summed E-state index contributed by atoms with van der Waals surface area (Å²) in [6, 6.07) is 7.45. The Hall–Kier alpha value is -2.86. The largest absolute Gasteiger partial charge is 0.468 e. The zero-order chi connectivity index (χ0) is 24.2. The zero-order valence-corrected chi connectivity index (χ0v) is 18.5. The highest BCUT2D eigenvalue weighted by Gasteiger charge is 2.40. The first-order chi connectivity index (χ1) is 15.5. The molecule has 1 aromatic heterocycles. The molecule has 1 saturated carbocycles. The lowest BCUT2D eigenvalue weighted by molar-refractivity contribution is -0.167. The Balaban J connectivity index is 1.63. The third-order valence-corrected chi connectivity index (χ3v) is 6.59. The number of hydrogen-bond donors (Lipinski definition) is 1. The number of carbonyl (C=O) groups is 2. The highest BCUT2D eigenvalue weighted by molar-refractivity contribution is 7.89. The van der Waals surface area contributed by atoms with Crippen molar-refractivity contribution in [1.82, 2.24) is 9.62 Å². The van der Waals surface area contributed by atoms with Gasteiger partial charge in [0, 0.05) is 6.04 Å². The Morgan fingerprint density at radius 2 is 1.97 bits per heavy atom. The van der Waals surface area contributed by atoms with Crippen molar-refractivity contribution in [2.24, 2.45) is 5.92 Å². The molecule has 1 aliphatic carbocycles. The maximum Gasteiger partial charge on any atom is 0.406 e. The number of nitrogens with zero attached hydrogens (tertiary/aromatic N) is 1. The topological polar surface area (TPSA) is 106 Å². The Morgan fingerprint density at radius 3 is 2.58 bits per heavy atom. The highest BCUT2D eigenvalue weighted by Crippen LogP contribution is 2.36. The fourth-order valence-electron chi connectivity index (χ4n) is 3.23. The predicted octanol–water partition coefficient (Wildman–Crippen LogP) is 3.10. The molecule has 1 unspecified atom stereocenters. The van der Waals surface area contributed by atoms with E-state index in [0.29, 0.717) is 10.7 Å². The number of rotatable bonds is 10. The van der Waals surface area contributed by atoms with Crippen LogP contribution in [0.2, 0.25) is 0 Å². The van der Waals surface area contributed by atoms with Crippen molar-refractivity contribution in [2.45, 2.75) is 43.4 Å². The first-order valence-electron chi connectivity index (χ1n) is 10.1. The summed E-state index contributed by atoms with van der Waals surface area (Å²) < 4.78 is 75.9. The van der Waals surface area contributed by atoms with Crippen LogP contribution in [0.3, 0.4) is 0 Å². The van der Waals surface area contributed by atoms with Gasteiger partial charge in [0.05, 0.1) is 23.3 Å². The molecular weight excluding hydrogens is 465 g/mol. The molecule has 1 aliphatic rings. The van der Waals surface area contributed by atoms with Crippen LogP contribution in [-0.2, 0) is 26.1 Å². The van der Waals surface area contributed by atoms with Gasteiger partial charge in [0.2, 0.25) is 10.0 Å². The second-order valence-corrected chi connectivity index (χ2v) is 9.49. The van der Waals surface area contributed by atoms with Gasteiger partial charge in [-0.2, -0.15) is 13.2 Å². The van der Waals surface area contributed by atoms with Crippen molar-refractivity contribution in [3.05, 3.63) is 54.0 Å². The zero-order valence-electron chi connectivity index (χ0n) is 17.7. The van der Waals surface area contributed by atoms with E-state index >= 15 is 0 Å². The van der Waals surface area contributed by atoms with Crippen LogP contribution in [0.5, 0.6) is 0 Å². The highest BCUT2D eigenvalue weighted by atomic mass is 32.2. The van der Waals surface area contributed by atoms with E-state index in [4.69, 9.17) is 9.15 Å². The molecule has 0 radical (unpaired) electrons. The molecule has 0 spiro atoms. The van der Waals surface area contributed by atoms with E-state index in [0.717, 1.165) is 18.9 Å². The van der Waals surface area contributed by atoms with Gasteiger partial charge in [-0.15, -0.1) is 0 Å². The van der Waals surface area contributed by atoms with Gasteiger partial charge in [-0.1, -0.05) is 6.07 Å². The van der Waals surface area contributed by atoms with E-state index in [9.17, 15) is 31.2 Å². The SMILES string of the molecule is CC(C1CC1)N(CC(F)(F)F)C(=O)COC(=O)c1cccc(S(=O)(=O)NCc2ccco2)c1. The second kappa shape index (κ2) is 9.96. The van der Waals surface area contributed by atoms with Gasteiger partial charge in [-0.05, 0) is 56.0 Å². The number of benzene rings is 1. The number of ether oxygens (including phenoxy) is 1. The molecule has 1 aromatic carbocycles. The van der Waals surface area contributed by atoms with Crippen molar-refractivity contribution in [2.75, 3.05) is 13.2 Å². The van der Waals surface area contributed by atoms with Gasteiger partial charge in [0.15, 0.2) is 6.61 Å². The maximum atomic E-state index is 12.9. The molecule has 1 N–H and O–H groups in total. The molecule has 1 heterocycles. The van der Waals surface area contributed by atoms with Crippen molar-refractivity contribution in [3.8, 4) is 0 Å². The van der Waals surface area contributed by atoms with E-state index in [1.807, 2.05) is 0 Å². The molecule has 33 heavy (non-hydrogen) atoms. The third-order valence-electron chi connectivity index (χ3n) is 5.19. The molecule has 0 saturated heterocycles. The molecule has 1 amide bonds. The Morgan fingerprint density at radius 1 is 1.24 bits per heavy atom. The number of esters is 1. The van der Waals surface area contributed by atoms with Gasteiger partial charge in [-0.3, -0.25) is 4.79 Å². The first-order valence-corrected chi connectivity index (χ1v) is 11.6. The lowest BCUT2D eigenvalue weighted by Crippen LogP contribution is -2.47. The minimum atomic E-state index is -4.59. The van der Waals surface area contributed by atoms with Gasteiger partial charge >= 0.3 is 12.1 Å². The van der Waals surface area contributed by atoms with Crippen LogP contribution < -0.4 is 4.72 Å². The van der Waals surface area contributed by atoms with Crippen molar-refractivity contribution >= 4 is 21.9 Å². The van der Waals surface area contributed by atoms with Crippen LogP contribution in [0.1, 0.15) is 35.9 Å². The summed E-state index contributed by atoms with van der Waals surface area (Å²) in [4.78, 5) is 25.2. The number of nitrogens with one attached hydrogen (secondary N) is 1. The summed E-state index contributed by atoms with van der Waals surface area (Å²) in [7, 11) is -3.99. The van der Waals surface area contributed by atoms with E-state index in [1.54, 1.807) is 12.1 Å². The second-order valence-electron chi connectivity index (χ2n) is 7.72. The van der Waals surface area contributed by atoms with Crippen molar-refractivity contribution < 1.29 is 40.3 Å².